The van der Waals surface area contributed by atoms with E-state index >= 15 is 0 Å². The van der Waals surface area contributed by atoms with Crippen LogP contribution in [0.15, 0.2) is 24.3 Å². The highest BCUT2D eigenvalue weighted by atomic mass is 32.2. The summed E-state index contributed by atoms with van der Waals surface area (Å²) >= 11 is 0. The van der Waals surface area contributed by atoms with Crippen LogP contribution in [0.1, 0.15) is 26.2 Å². The van der Waals surface area contributed by atoms with Crippen LogP contribution in [-0.4, -0.2) is 32.6 Å². The Morgan fingerprint density at radius 1 is 1.26 bits per heavy atom. The fourth-order valence-corrected chi connectivity index (χ4v) is 3.67. The second kappa shape index (κ2) is 6.28. The van der Waals surface area contributed by atoms with Crippen LogP contribution in [0.2, 0.25) is 0 Å². The topological polar surface area (TPSA) is 55.4 Å². The first-order valence-electron chi connectivity index (χ1n) is 6.79. The molecule has 19 heavy (non-hydrogen) atoms. The molecular weight excluding hydrogens is 262 g/mol. The summed E-state index contributed by atoms with van der Waals surface area (Å²) < 4.78 is 28.5. The molecule has 1 heterocycles. The molecule has 0 saturated carbocycles. The number of hydrogen-bond acceptors (Lipinski definition) is 4. The van der Waals surface area contributed by atoms with Gasteiger partial charge in [0.1, 0.15) is 15.6 Å². The molecule has 1 aliphatic rings. The van der Waals surface area contributed by atoms with Crippen molar-refractivity contribution in [2.45, 2.75) is 32.2 Å². The van der Waals surface area contributed by atoms with Gasteiger partial charge in [0.15, 0.2) is 0 Å². The first-order valence-corrected chi connectivity index (χ1v) is 8.61. The lowest BCUT2D eigenvalue weighted by Crippen LogP contribution is -2.32. The highest BCUT2D eigenvalue weighted by Gasteiger charge is 2.23. The maximum atomic E-state index is 11.4. The van der Waals surface area contributed by atoms with Gasteiger partial charge >= 0.3 is 0 Å². The molecule has 0 unspecified atom stereocenters. The fraction of sp³-hybridized carbons (Fsp3) is 0.571. The van der Waals surface area contributed by atoms with Crippen molar-refractivity contribution >= 4 is 15.5 Å². The van der Waals surface area contributed by atoms with E-state index in [1.165, 1.54) is 0 Å². The van der Waals surface area contributed by atoms with Gasteiger partial charge in [-0.2, -0.15) is 0 Å². The van der Waals surface area contributed by atoms with E-state index in [9.17, 15) is 8.42 Å². The van der Waals surface area contributed by atoms with E-state index in [1.54, 1.807) is 0 Å². The molecular formula is C14H21NO3S. The van der Waals surface area contributed by atoms with Crippen LogP contribution in [0.25, 0.3) is 0 Å². The molecule has 0 aliphatic carbocycles. The van der Waals surface area contributed by atoms with Crippen LogP contribution in [0.5, 0.6) is 5.75 Å². The summed E-state index contributed by atoms with van der Waals surface area (Å²) in [6.07, 6.45) is 2.31. The van der Waals surface area contributed by atoms with Crippen LogP contribution in [-0.2, 0) is 9.84 Å². The van der Waals surface area contributed by atoms with Gasteiger partial charge in [-0.15, -0.1) is 0 Å². The molecule has 0 bridgehead atoms. The summed E-state index contributed by atoms with van der Waals surface area (Å²) in [7, 11) is -2.80. The molecule has 106 valence electrons. The standard InChI is InChI=1S/C14H21NO3S/c1-2-9-18-14-6-4-3-5-13(14)15-12-7-10-19(16,17)11-8-12/h3-6,12,15H,2,7-11H2,1H3. The number of sulfone groups is 1. The zero-order valence-corrected chi connectivity index (χ0v) is 12.1. The second-order valence-electron chi connectivity index (χ2n) is 4.92. The van der Waals surface area contributed by atoms with Gasteiger partial charge in [0.05, 0.1) is 23.8 Å². The average molecular weight is 283 g/mol. The summed E-state index contributed by atoms with van der Waals surface area (Å²) in [6, 6.07) is 8.04. The molecule has 1 N–H and O–H groups in total. The lowest BCUT2D eigenvalue weighted by Gasteiger charge is -2.25. The summed E-state index contributed by atoms with van der Waals surface area (Å²) in [6.45, 7) is 2.76. The number of hydrogen-bond donors (Lipinski definition) is 1. The van der Waals surface area contributed by atoms with Crippen LogP contribution in [0.4, 0.5) is 5.69 Å². The van der Waals surface area contributed by atoms with Crippen molar-refractivity contribution in [2.75, 3.05) is 23.4 Å². The molecule has 0 aromatic heterocycles. The summed E-state index contributed by atoms with van der Waals surface area (Å²) in [5, 5.41) is 3.41. The monoisotopic (exact) mass is 283 g/mol. The van der Waals surface area contributed by atoms with Gasteiger partial charge in [0, 0.05) is 6.04 Å². The number of nitrogens with one attached hydrogen (secondary N) is 1. The van der Waals surface area contributed by atoms with Crippen LogP contribution in [0.3, 0.4) is 0 Å². The third kappa shape index (κ3) is 4.13. The van der Waals surface area contributed by atoms with E-state index in [2.05, 4.69) is 12.2 Å². The Labute approximate surface area is 115 Å². The van der Waals surface area contributed by atoms with E-state index in [1.807, 2.05) is 24.3 Å². The normalized spacial score (nSPS) is 19.0. The summed E-state index contributed by atoms with van der Waals surface area (Å²) in [4.78, 5) is 0. The molecule has 1 aliphatic heterocycles. The first kappa shape index (κ1) is 14.2. The van der Waals surface area contributed by atoms with Gasteiger partial charge in [-0.05, 0) is 31.4 Å². The lowest BCUT2D eigenvalue weighted by atomic mass is 10.1. The maximum Gasteiger partial charge on any atom is 0.150 e. The van der Waals surface area contributed by atoms with E-state index in [-0.39, 0.29) is 17.5 Å². The first-order chi connectivity index (χ1) is 9.11. The minimum Gasteiger partial charge on any atom is -0.491 e. The minimum absolute atomic E-state index is 0.218. The Balaban J connectivity index is 1.99. The quantitative estimate of drug-likeness (QED) is 0.902. The number of para-hydroxylation sites is 2. The second-order valence-corrected chi connectivity index (χ2v) is 7.22. The smallest absolute Gasteiger partial charge is 0.150 e. The van der Waals surface area contributed by atoms with Crippen molar-refractivity contribution in [3.63, 3.8) is 0 Å². The molecule has 1 aromatic rings. The molecule has 5 heteroatoms. The number of anilines is 1. The van der Waals surface area contributed by atoms with Gasteiger partial charge in [-0.3, -0.25) is 0 Å². The van der Waals surface area contributed by atoms with Crippen LogP contribution < -0.4 is 10.1 Å². The average Bonchev–Trinajstić information content (AvgIpc) is 2.40. The SMILES string of the molecule is CCCOc1ccccc1NC1CCS(=O)(=O)CC1. The van der Waals surface area contributed by atoms with Crippen molar-refractivity contribution in [3.8, 4) is 5.75 Å². The molecule has 4 nitrogen and oxygen atoms in total. The third-order valence-corrected chi connectivity index (χ3v) is 4.98. The summed E-state index contributed by atoms with van der Waals surface area (Å²) in [5.74, 6) is 1.41. The van der Waals surface area contributed by atoms with Crippen LogP contribution >= 0.6 is 0 Å². The highest BCUT2D eigenvalue weighted by molar-refractivity contribution is 7.91. The highest BCUT2D eigenvalue weighted by Crippen LogP contribution is 2.27. The molecule has 1 saturated heterocycles. The molecule has 1 aromatic carbocycles. The molecule has 0 amide bonds. The van der Waals surface area contributed by atoms with Crippen molar-refractivity contribution in [1.29, 1.82) is 0 Å². The maximum absolute atomic E-state index is 11.4. The zero-order chi connectivity index (χ0) is 13.7. The Hall–Kier alpha value is -1.23. The summed E-state index contributed by atoms with van der Waals surface area (Å²) in [5.41, 5.74) is 0.959. The van der Waals surface area contributed by atoms with Gasteiger partial charge < -0.3 is 10.1 Å². The van der Waals surface area contributed by atoms with Gasteiger partial charge in [0.2, 0.25) is 0 Å². The number of benzene rings is 1. The van der Waals surface area contributed by atoms with Crippen molar-refractivity contribution < 1.29 is 13.2 Å². The molecule has 2 rings (SSSR count). The van der Waals surface area contributed by atoms with E-state index < -0.39 is 9.84 Å². The number of rotatable bonds is 5. The van der Waals surface area contributed by atoms with Crippen molar-refractivity contribution in [3.05, 3.63) is 24.3 Å². The van der Waals surface area contributed by atoms with Gasteiger partial charge in [0.25, 0.3) is 0 Å². The zero-order valence-electron chi connectivity index (χ0n) is 11.3. The van der Waals surface area contributed by atoms with Crippen LogP contribution in [0, 0.1) is 0 Å². The Morgan fingerprint density at radius 3 is 2.63 bits per heavy atom. The third-order valence-electron chi connectivity index (χ3n) is 3.26. The largest absolute Gasteiger partial charge is 0.491 e. The van der Waals surface area contributed by atoms with Gasteiger partial charge in [-0.25, -0.2) is 8.42 Å². The number of ether oxygens (including phenoxy) is 1. The molecule has 0 radical (unpaired) electrons. The van der Waals surface area contributed by atoms with E-state index in [0.29, 0.717) is 19.4 Å². The van der Waals surface area contributed by atoms with Crippen molar-refractivity contribution in [2.24, 2.45) is 0 Å². The molecule has 1 fully saturated rings. The van der Waals surface area contributed by atoms with E-state index in [0.717, 1.165) is 17.9 Å². The Morgan fingerprint density at radius 2 is 1.95 bits per heavy atom. The molecule has 0 spiro atoms. The van der Waals surface area contributed by atoms with Crippen molar-refractivity contribution in [1.82, 2.24) is 0 Å². The van der Waals surface area contributed by atoms with Gasteiger partial charge in [-0.1, -0.05) is 19.1 Å². The van der Waals surface area contributed by atoms with E-state index in [4.69, 9.17) is 4.74 Å². The predicted octanol–water partition coefficient (Wildman–Crippen LogP) is 2.46. The lowest BCUT2D eigenvalue weighted by molar-refractivity contribution is 0.318. The molecule has 0 atom stereocenters. The Kier molecular flexibility index (Phi) is 4.69. The Bertz CT molecular complexity index is 499. The minimum atomic E-state index is -2.80. The predicted molar refractivity (Wildman–Crippen MR) is 77.5 cm³/mol. The fourth-order valence-electron chi connectivity index (χ4n) is 2.18.